The molecular weight excluding hydrogens is 328 g/mol. The number of piperidine rings is 1. The number of guanidine groups is 1. The van der Waals surface area contributed by atoms with Gasteiger partial charge in [0.1, 0.15) is 17.9 Å². The van der Waals surface area contributed by atoms with Crippen molar-refractivity contribution in [2.24, 2.45) is 4.99 Å². The summed E-state index contributed by atoms with van der Waals surface area (Å²) in [4.78, 5) is 11.6. The molecule has 7 heteroatoms. The van der Waals surface area contributed by atoms with Crippen LogP contribution in [-0.4, -0.2) is 51.7 Å². The third-order valence-electron chi connectivity index (χ3n) is 5.50. The zero-order valence-electron chi connectivity index (χ0n) is 15.2. The molecule has 7 nitrogen and oxygen atoms in total. The number of hydrogen-bond acceptors (Lipinski definition) is 4. The van der Waals surface area contributed by atoms with Crippen LogP contribution in [0.25, 0.3) is 0 Å². The molecule has 0 aromatic carbocycles. The van der Waals surface area contributed by atoms with Gasteiger partial charge >= 0.3 is 0 Å². The van der Waals surface area contributed by atoms with Crippen molar-refractivity contribution in [2.75, 3.05) is 19.6 Å². The second-order valence-corrected chi connectivity index (χ2v) is 7.29. The number of aromatic amines is 1. The van der Waals surface area contributed by atoms with Crippen LogP contribution < -0.4 is 5.32 Å². The number of aliphatic imine (C=N–C) groups is 1. The Morgan fingerprint density at radius 1 is 1.27 bits per heavy atom. The maximum atomic E-state index is 5.43. The Hall–Kier alpha value is -2.31. The number of rotatable bonds is 5. The normalized spacial score (nSPS) is 20.0. The zero-order chi connectivity index (χ0) is 17.6. The lowest BCUT2D eigenvalue weighted by Crippen LogP contribution is -2.48. The van der Waals surface area contributed by atoms with Crippen LogP contribution in [0.5, 0.6) is 0 Å². The molecule has 0 atom stereocenters. The number of likely N-dealkylation sites (tertiary alicyclic amines) is 1. The van der Waals surface area contributed by atoms with Crippen LogP contribution in [-0.2, 0) is 6.42 Å². The first-order chi connectivity index (χ1) is 12.9. The van der Waals surface area contributed by atoms with Gasteiger partial charge in [-0.15, -0.1) is 0 Å². The number of H-pyrrole nitrogens is 1. The minimum Gasteiger partial charge on any atom is -0.469 e. The van der Waals surface area contributed by atoms with Crippen LogP contribution in [0.15, 0.2) is 34.1 Å². The molecule has 4 rings (SSSR count). The first-order valence-corrected chi connectivity index (χ1v) is 9.82. The van der Waals surface area contributed by atoms with Crippen LogP contribution in [0.3, 0.4) is 0 Å². The zero-order valence-corrected chi connectivity index (χ0v) is 15.2. The van der Waals surface area contributed by atoms with Gasteiger partial charge in [0.05, 0.1) is 6.26 Å². The van der Waals surface area contributed by atoms with Gasteiger partial charge < -0.3 is 14.6 Å². The van der Waals surface area contributed by atoms with Gasteiger partial charge in [-0.1, -0.05) is 12.8 Å². The SMILES string of the molecule is c1coc(CCN=C(NC2CCCC2)N2CCC(c3ncn[nH]3)CC2)c1. The summed E-state index contributed by atoms with van der Waals surface area (Å²) in [5.41, 5.74) is 0. The predicted octanol–water partition coefficient (Wildman–Crippen LogP) is 2.71. The van der Waals surface area contributed by atoms with E-state index >= 15 is 0 Å². The quantitative estimate of drug-likeness (QED) is 0.636. The Morgan fingerprint density at radius 2 is 2.12 bits per heavy atom. The van der Waals surface area contributed by atoms with E-state index in [0.717, 1.165) is 56.4 Å². The fourth-order valence-electron chi connectivity index (χ4n) is 3.99. The Morgan fingerprint density at radius 3 is 2.81 bits per heavy atom. The van der Waals surface area contributed by atoms with Gasteiger partial charge in [0.2, 0.25) is 0 Å². The van der Waals surface area contributed by atoms with Crippen LogP contribution in [0.4, 0.5) is 0 Å². The van der Waals surface area contributed by atoms with Crippen molar-refractivity contribution in [3.8, 4) is 0 Å². The van der Waals surface area contributed by atoms with Crippen LogP contribution in [0, 0.1) is 0 Å². The summed E-state index contributed by atoms with van der Waals surface area (Å²) < 4.78 is 5.43. The van der Waals surface area contributed by atoms with E-state index in [1.165, 1.54) is 25.7 Å². The van der Waals surface area contributed by atoms with Crippen LogP contribution in [0.1, 0.15) is 56.0 Å². The molecule has 1 aliphatic heterocycles. The lowest BCUT2D eigenvalue weighted by Gasteiger charge is -2.34. The first kappa shape index (κ1) is 17.1. The maximum Gasteiger partial charge on any atom is 0.194 e. The molecule has 2 N–H and O–H groups in total. The molecule has 1 saturated heterocycles. The summed E-state index contributed by atoms with van der Waals surface area (Å²) in [5.74, 6) is 3.56. The number of furan rings is 1. The van der Waals surface area contributed by atoms with Gasteiger partial charge in [0.15, 0.2) is 5.96 Å². The number of hydrogen-bond donors (Lipinski definition) is 2. The molecular formula is C19H28N6O. The fraction of sp³-hybridized carbons (Fsp3) is 0.632. The van der Waals surface area contributed by atoms with Crippen molar-refractivity contribution in [1.29, 1.82) is 0 Å². The highest BCUT2D eigenvalue weighted by Crippen LogP contribution is 2.25. The van der Waals surface area contributed by atoms with Gasteiger partial charge in [-0.25, -0.2) is 4.98 Å². The van der Waals surface area contributed by atoms with E-state index in [1.807, 2.05) is 12.1 Å². The molecule has 2 aromatic rings. The summed E-state index contributed by atoms with van der Waals surface area (Å²) in [6.07, 6.45) is 11.5. The number of aromatic nitrogens is 3. The second-order valence-electron chi connectivity index (χ2n) is 7.29. The first-order valence-electron chi connectivity index (χ1n) is 9.82. The number of nitrogens with zero attached hydrogens (tertiary/aromatic N) is 4. The van der Waals surface area contributed by atoms with E-state index in [9.17, 15) is 0 Å². The minimum absolute atomic E-state index is 0.476. The monoisotopic (exact) mass is 356 g/mol. The molecule has 26 heavy (non-hydrogen) atoms. The molecule has 0 amide bonds. The highest BCUT2D eigenvalue weighted by atomic mass is 16.3. The third kappa shape index (κ3) is 4.26. The highest BCUT2D eigenvalue weighted by molar-refractivity contribution is 5.80. The third-order valence-corrected chi connectivity index (χ3v) is 5.50. The van der Waals surface area contributed by atoms with E-state index in [0.29, 0.717) is 12.0 Å². The van der Waals surface area contributed by atoms with E-state index in [-0.39, 0.29) is 0 Å². The van der Waals surface area contributed by atoms with E-state index in [1.54, 1.807) is 12.6 Å². The van der Waals surface area contributed by atoms with Gasteiger partial charge in [-0.2, -0.15) is 5.10 Å². The highest BCUT2D eigenvalue weighted by Gasteiger charge is 2.26. The number of nitrogens with one attached hydrogen (secondary N) is 2. The summed E-state index contributed by atoms with van der Waals surface area (Å²) in [6.45, 7) is 2.76. The second kappa shape index (κ2) is 8.38. The molecule has 1 saturated carbocycles. The molecule has 3 heterocycles. The van der Waals surface area contributed by atoms with Crippen molar-refractivity contribution >= 4 is 5.96 Å². The molecule has 140 valence electrons. The Balaban J connectivity index is 1.37. The smallest absolute Gasteiger partial charge is 0.194 e. The lowest BCUT2D eigenvalue weighted by atomic mass is 9.96. The van der Waals surface area contributed by atoms with Gasteiger partial charge in [0, 0.05) is 38.0 Å². The molecule has 0 radical (unpaired) electrons. The molecule has 2 aromatic heterocycles. The summed E-state index contributed by atoms with van der Waals surface area (Å²) in [5, 5.41) is 10.7. The predicted molar refractivity (Wildman–Crippen MR) is 100 cm³/mol. The Bertz CT molecular complexity index is 667. The molecule has 0 unspecified atom stereocenters. The summed E-state index contributed by atoms with van der Waals surface area (Å²) in [7, 11) is 0. The lowest BCUT2D eigenvalue weighted by molar-refractivity contribution is 0.295. The van der Waals surface area contributed by atoms with Crippen LogP contribution in [0.2, 0.25) is 0 Å². The van der Waals surface area contributed by atoms with Crippen molar-refractivity contribution in [3.63, 3.8) is 0 Å². The molecule has 2 fully saturated rings. The van der Waals surface area contributed by atoms with Crippen molar-refractivity contribution in [1.82, 2.24) is 25.4 Å². The van der Waals surface area contributed by atoms with Gasteiger partial charge in [-0.05, 0) is 37.8 Å². The Labute approximate surface area is 154 Å². The molecule has 0 spiro atoms. The van der Waals surface area contributed by atoms with E-state index < -0.39 is 0 Å². The minimum atomic E-state index is 0.476. The standard InChI is InChI=1S/C19H28N6O/c1-2-5-16(4-1)23-19(20-10-7-17-6-3-13-26-17)25-11-8-15(9-12-25)18-21-14-22-24-18/h3,6,13-16H,1-2,4-5,7-12H2,(H,20,23)(H,21,22,24). The van der Waals surface area contributed by atoms with E-state index in [4.69, 9.17) is 9.41 Å². The topological polar surface area (TPSA) is 82.3 Å². The summed E-state index contributed by atoms with van der Waals surface area (Å²) >= 11 is 0. The van der Waals surface area contributed by atoms with Crippen molar-refractivity contribution in [3.05, 3.63) is 36.3 Å². The molecule has 1 aliphatic carbocycles. The average Bonchev–Trinajstić information content (AvgIpc) is 3.44. The molecule has 0 bridgehead atoms. The van der Waals surface area contributed by atoms with Crippen molar-refractivity contribution in [2.45, 2.75) is 56.9 Å². The Kier molecular flexibility index (Phi) is 5.52. The molecule has 2 aliphatic rings. The summed E-state index contributed by atoms with van der Waals surface area (Å²) in [6, 6.07) is 4.53. The van der Waals surface area contributed by atoms with Gasteiger partial charge in [0.25, 0.3) is 0 Å². The van der Waals surface area contributed by atoms with Crippen LogP contribution >= 0.6 is 0 Å². The largest absolute Gasteiger partial charge is 0.469 e. The average molecular weight is 356 g/mol. The van der Waals surface area contributed by atoms with E-state index in [2.05, 4.69) is 25.4 Å². The van der Waals surface area contributed by atoms with Gasteiger partial charge in [-0.3, -0.25) is 10.1 Å². The maximum absolute atomic E-state index is 5.43. The van der Waals surface area contributed by atoms with Crippen molar-refractivity contribution < 1.29 is 4.42 Å². The fourth-order valence-corrected chi connectivity index (χ4v) is 3.99.